The number of allylic oxidation sites excluding steroid dienone is 2. The van der Waals surface area contributed by atoms with Gasteiger partial charge in [0.25, 0.3) is 0 Å². The molecule has 1 rings (SSSR count). The Hall–Kier alpha value is -1.07. The van der Waals surface area contributed by atoms with Gasteiger partial charge in [0.1, 0.15) is 24.4 Å². The summed E-state index contributed by atoms with van der Waals surface area (Å²) in [7, 11) is 0. The molecule has 0 aromatic carbocycles. The first-order valence-corrected chi connectivity index (χ1v) is 23.4. The molecular formula is C46H89NO8. The van der Waals surface area contributed by atoms with E-state index < -0.39 is 49.5 Å². The number of ether oxygens (including phenoxy) is 2. The minimum Gasteiger partial charge on any atom is -0.394 e. The molecule has 9 heteroatoms. The van der Waals surface area contributed by atoms with Gasteiger partial charge in [0.2, 0.25) is 5.91 Å². The molecule has 1 saturated heterocycles. The first-order chi connectivity index (χ1) is 26.8. The Morgan fingerprint density at radius 3 is 1.51 bits per heavy atom. The van der Waals surface area contributed by atoms with Gasteiger partial charge in [-0.15, -0.1) is 0 Å². The SMILES string of the molecule is CCCCC/C=C\CCCCCCCC(=O)NC(COC1OC(CO)C(O)C(O)C1O)C(O)CCCCCCCCCCCCCCCCCCCCCC. The predicted octanol–water partition coefficient (Wildman–Crippen LogP) is 9.73. The van der Waals surface area contributed by atoms with E-state index in [0.29, 0.717) is 12.8 Å². The number of amides is 1. The van der Waals surface area contributed by atoms with Crippen molar-refractivity contribution in [3.63, 3.8) is 0 Å². The summed E-state index contributed by atoms with van der Waals surface area (Å²) in [4.78, 5) is 12.9. The number of carbonyl (C=O) groups is 1. The third-order valence-electron chi connectivity index (χ3n) is 11.4. The smallest absolute Gasteiger partial charge is 0.220 e. The van der Waals surface area contributed by atoms with Gasteiger partial charge in [-0.05, 0) is 38.5 Å². The van der Waals surface area contributed by atoms with E-state index in [-0.39, 0.29) is 12.5 Å². The van der Waals surface area contributed by atoms with Crippen molar-refractivity contribution >= 4 is 5.91 Å². The van der Waals surface area contributed by atoms with Crippen LogP contribution in [0.15, 0.2) is 12.2 Å². The van der Waals surface area contributed by atoms with Gasteiger partial charge in [0.15, 0.2) is 6.29 Å². The zero-order valence-electron chi connectivity index (χ0n) is 35.7. The molecular weight excluding hydrogens is 695 g/mol. The second kappa shape index (κ2) is 37.2. The molecule has 0 spiro atoms. The molecule has 1 heterocycles. The van der Waals surface area contributed by atoms with Crippen LogP contribution in [0.4, 0.5) is 0 Å². The van der Waals surface area contributed by atoms with Crippen molar-refractivity contribution in [1.82, 2.24) is 5.32 Å². The van der Waals surface area contributed by atoms with E-state index in [1.807, 2.05) is 0 Å². The van der Waals surface area contributed by atoms with Gasteiger partial charge >= 0.3 is 0 Å². The third-order valence-corrected chi connectivity index (χ3v) is 11.4. The normalized spacial score (nSPS) is 21.3. The highest BCUT2D eigenvalue weighted by Crippen LogP contribution is 2.23. The van der Waals surface area contributed by atoms with Crippen LogP contribution < -0.4 is 5.32 Å². The molecule has 1 aliphatic rings. The van der Waals surface area contributed by atoms with Gasteiger partial charge in [0, 0.05) is 6.42 Å². The second-order valence-electron chi connectivity index (χ2n) is 16.6. The van der Waals surface area contributed by atoms with Crippen molar-refractivity contribution < 1.29 is 39.8 Å². The highest BCUT2D eigenvalue weighted by Gasteiger charge is 2.44. The number of aliphatic hydroxyl groups excluding tert-OH is 5. The molecule has 326 valence electrons. The van der Waals surface area contributed by atoms with Gasteiger partial charge < -0.3 is 40.3 Å². The van der Waals surface area contributed by atoms with Crippen molar-refractivity contribution in [3.8, 4) is 0 Å². The molecule has 7 unspecified atom stereocenters. The summed E-state index contributed by atoms with van der Waals surface area (Å²) in [6, 6.07) is -0.718. The molecule has 7 atom stereocenters. The fraction of sp³-hybridized carbons (Fsp3) is 0.935. The van der Waals surface area contributed by atoms with Crippen molar-refractivity contribution in [2.24, 2.45) is 0 Å². The van der Waals surface area contributed by atoms with Crippen LogP contribution in [-0.2, 0) is 14.3 Å². The molecule has 6 N–H and O–H groups in total. The maximum absolute atomic E-state index is 12.9. The lowest BCUT2D eigenvalue weighted by Gasteiger charge is -2.40. The van der Waals surface area contributed by atoms with E-state index in [4.69, 9.17) is 9.47 Å². The van der Waals surface area contributed by atoms with Gasteiger partial charge in [-0.2, -0.15) is 0 Å². The number of aliphatic hydroxyl groups is 5. The minimum absolute atomic E-state index is 0.138. The number of hydrogen-bond donors (Lipinski definition) is 6. The maximum atomic E-state index is 12.9. The molecule has 1 aliphatic heterocycles. The fourth-order valence-electron chi connectivity index (χ4n) is 7.57. The van der Waals surface area contributed by atoms with Crippen molar-refractivity contribution in [2.75, 3.05) is 13.2 Å². The van der Waals surface area contributed by atoms with E-state index >= 15 is 0 Å². The number of rotatable bonds is 39. The van der Waals surface area contributed by atoms with Gasteiger partial charge in [-0.1, -0.05) is 187 Å². The Morgan fingerprint density at radius 1 is 0.600 bits per heavy atom. The first kappa shape index (κ1) is 51.9. The highest BCUT2D eigenvalue weighted by atomic mass is 16.7. The van der Waals surface area contributed by atoms with Crippen LogP contribution in [0, 0.1) is 0 Å². The molecule has 1 fully saturated rings. The average Bonchev–Trinajstić information content (AvgIpc) is 3.18. The largest absolute Gasteiger partial charge is 0.394 e. The molecule has 9 nitrogen and oxygen atoms in total. The van der Waals surface area contributed by atoms with E-state index in [9.17, 15) is 30.3 Å². The Bertz CT molecular complexity index is 873. The molecule has 0 aromatic heterocycles. The summed E-state index contributed by atoms with van der Waals surface area (Å²) in [5, 5.41) is 54.3. The van der Waals surface area contributed by atoms with E-state index in [0.717, 1.165) is 51.4 Å². The Balaban J connectivity index is 2.29. The van der Waals surface area contributed by atoms with Crippen LogP contribution in [0.25, 0.3) is 0 Å². The summed E-state index contributed by atoms with van der Waals surface area (Å²) in [5.74, 6) is -0.153. The molecule has 1 amide bonds. The zero-order chi connectivity index (χ0) is 40.2. The van der Waals surface area contributed by atoms with Crippen LogP contribution in [0.3, 0.4) is 0 Å². The molecule has 55 heavy (non-hydrogen) atoms. The lowest BCUT2D eigenvalue weighted by Crippen LogP contribution is -2.60. The lowest BCUT2D eigenvalue weighted by molar-refractivity contribution is -0.302. The summed E-state index contributed by atoms with van der Waals surface area (Å²) in [6.45, 7) is 3.81. The van der Waals surface area contributed by atoms with Crippen molar-refractivity contribution in [3.05, 3.63) is 12.2 Å². The number of hydrogen-bond acceptors (Lipinski definition) is 8. The number of unbranched alkanes of at least 4 members (excludes halogenated alkanes) is 27. The van der Waals surface area contributed by atoms with Gasteiger partial charge in [-0.3, -0.25) is 4.79 Å². The van der Waals surface area contributed by atoms with E-state index in [2.05, 4.69) is 31.3 Å². The second-order valence-corrected chi connectivity index (χ2v) is 16.6. The monoisotopic (exact) mass is 784 g/mol. The average molecular weight is 784 g/mol. The Labute approximate surface area is 337 Å². The standard InChI is InChI=1S/C46H89NO8/c1-3-5-7-9-11-13-15-17-18-19-20-21-22-23-24-25-27-29-31-33-35-40(49)39(38-54-46-45(53)44(52)43(51)41(37-48)55-46)47-42(50)36-34-32-30-28-26-16-14-12-10-8-6-4-2/h12,14,39-41,43-46,48-49,51-53H,3-11,13,15-38H2,1-2H3,(H,47,50)/b14-12-. The topological polar surface area (TPSA) is 149 Å². The Kier molecular flexibility index (Phi) is 35.2. The summed E-state index contributed by atoms with van der Waals surface area (Å²) < 4.78 is 11.2. The van der Waals surface area contributed by atoms with Crippen LogP contribution >= 0.6 is 0 Å². The van der Waals surface area contributed by atoms with Gasteiger partial charge in [-0.25, -0.2) is 0 Å². The van der Waals surface area contributed by atoms with Gasteiger partial charge in [0.05, 0.1) is 25.4 Å². The van der Waals surface area contributed by atoms with E-state index in [1.165, 1.54) is 141 Å². The third kappa shape index (κ3) is 28.1. The highest BCUT2D eigenvalue weighted by molar-refractivity contribution is 5.76. The Morgan fingerprint density at radius 2 is 1.02 bits per heavy atom. The molecule has 0 aliphatic carbocycles. The maximum Gasteiger partial charge on any atom is 0.220 e. The fourth-order valence-corrected chi connectivity index (χ4v) is 7.57. The van der Waals surface area contributed by atoms with Crippen molar-refractivity contribution in [1.29, 1.82) is 0 Å². The lowest BCUT2D eigenvalue weighted by atomic mass is 9.99. The van der Waals surface area contributed by atoms with Crippen LogP contribution in [0.2, 0.25) is 0 Å². The molecule has 0 radical (unpaired) electrons. The molecule has 0 aromatic rings. The van der Waals surface area contributed by atoms with Crippen LogP contribution in [-0.4, -0.2) is 87.5 Å². The summed E-state index contributed by atoms with van der Waals surface area (Å²) >= 11 is 0. The number of carbonyl (C=O) groups excluding carboxylic acids is 1. The first-order valence-electron chi connectivity index (χ1n) is 23.4. The van der Waals surface area contributed by atoms with E-state index in [1.54, 1.807) is 0 Å². The number of nitrogens with one attached hydrogen (secondary N) is 1. The molecule has 0 bridgehead atoms. The van der Waals surface area contributed by atoms with Crippen LogP contribution in [0.1, 0.15) is 219 Å². The minimum atomic E-state index is -1.55. The zero-order valence-corrected chi connectivity index (χ0v) is 35.7. The van der Waals surface area contributed by atoms with Crippen LogP contribution in [0.5, 0.6) is 0 Å². The van der Waals surface area contributed by atoms with Crippen molar-refractivity contribution in [2.45, 2.75) is 262 Å². The summed E-state index contributed by atoms with van der Waals surface area (Å²) in [6.07, 6.45) is 35.1. The predicted molar refractivity (Wildman–Crippen MR) is 226 cm³/mol. The molecule has 0 saturated carbocycles. The summed E-state index contributed by atoms with van der Waals surface area (Å²) in [5.41, 5.74) is 0. The quantitative estimate of drug-likeness (QED) is 0.0267.